The fraction of sp³-hybridized carbons (Fsp3) is 0.286. The van der Waals surface area contributed by atoms with Crippen LogP contribution in [0.15, 0.2) is 30.3 Å². The molecule has 5 nitrogen and oxygen atoms in total. The van der Waals surface area contributed by atoms with Crippen LogP contribution in [0, 0.1) is 0 Å². The first-order valence-electron chi connectivity index (χ1n) is 6.30. The zero-order chi connectivity index (χ0) is 14.4. The van der Waals surface area contributed by atoms with Crippen molar-refractivity contribution in [1.29, 1.82) is 0 Å². The van der Waals surface area contributed by atoms with Crippen LogP contribution in [-0.4, -0.2) is 46.6 Å². The molecule has 1 aromatic rings. The molecule has 0 aromatic heterocycles. The Bertz CT molecular complexity index is 508. The van der Waals surface area contributed by atoms with Gasteiger partial charge in [-0.25, -0.2) is 9.59 Å². The van der Waals surface area contributed by atoms with E-state index in [0.717, 1.165) is 36.2 Å². The number of thioether (sulfide) groups is 1. The Morgan fingerprint density at radius 1 is 1.20 bits per heavy atom. The van der Waals surface area contributed by atoms with Gasteiger partial charge >= 0.3 is 12.0 Å². The molecule has 106 valence electrons. The molecule has 1 saturated heterocycles. The number of rotatable bonds is 3. The Hall–Kier alpha value is -1.95. The molecule has 6 heteroatoms. The monoisotopic (exact) mass is 292 g/mol. The summed E-state index contributed by atoms with van der Waals surface area (Å²) in [4.78, 5) is 24.2. The molecule has 0 unspecified atom stereocenters. The zero-order valence-corrected chi connectivity index (χ0v) is 11.7. The fourth-order valence-electron chi connectivity index (χ4n) is 1.81. The maximum Gasteiger partial charge on any atom is 0.328 e. The second-order valence-corrected chi connectivity index (χ2v) is 5.55. The van der Waals surface area contributed by atoms with Crippen molar-refractivity contribution in [2.45, 2.75) is 0 Å². The van der Waals surface area contributed by atoms with Gasteiger partial charge in [-0.3, -0.25) is 0 Å². The Kier molecular flexibility index (Phi) is 5.06. The third-order valence-electron chi connectivity index (χ3n) is 2.88. The molecular weight excluding hydrogens is 276 g/mol. The molecule has 1 aromatic carbocycles. The highest BCUT2D eigenvalue weighted by molar-refractivity contribution is 7.99. The molecule has 0 saturated carbocycles. The van der Waals surface area contributed by atoms with Crippen molar-refractivity contribution >= 4 is 35.5 Å². The van der Waals surface area contributed by atoms with E-state index >= 15 is 0 Å². The number of urea groups is 1. The topological polar surface area (TPSA) is 69.6 Å². The minimum atomic E-state index is -0.981. The van der Waals surface area contributed by atoms with Gasteiger partial charge in [0.25, 0.3) is 0 Å². The van der Waals surface area contributed by atoms with Gasteiger partial charge in [0.15, 0.2) is 0 Å². The quantitative estimate of drug-likeness (QED) is 0.839. The summed E-state index contributed by atoms with van der Waals surface area (Å²) >= 11 is 1.85. The number of hydrogen-bond acceptors (Lipinski definition) is 3. The SMILES string of the molecule is O=C(O)C=Cc1ccc(NC(=O)N2CCSCC2)cc1. The molecule has 2 N–H and O–H groups in total. The van der Waals surface area contributed by atoms with E-state index in [2.05, 4.69) is 5.32 Å². The Balaban J connectivity index is 1.92. The molecular formula is C14H16N2O3S. The van der Waals surface area contributed by atoms with Crippen LogP contribution >= 0.6 is 11.8 Å². The van der Waals surface area contributed by atoms with Crippen molar-refractivity contribution in [3.05, 3.63) is 35.9 Å². The summed E-state index contributed by atoms with van der Waals surface area (Å²) in [7, 11) is 0. The molecule has 0 atom stereocenters. The molecule has 2 rings (SSSR count). The van der Waals surface area contributed by atoms with E-state index in [1.165, 1.54) is 6.08 Å². The van der Waals surface area contributed by atoms with Crippen LogP contribution in [0.25, 0.3) is 6.08 Å². The number of carboxylic acid groups (broad SMARTS) is 1. The van der Waals surface area contributed by atoms with Crippen molar-refractivity contribution < 1.29 is 14.7 Å². The van der Waals surface area contributed by atoms with Gasteiger partial charge in [-0.05, 0) is 23.8 Å². The van der Waals surface area contributed by atoms with Crippen LogP contribution in [0.4, 0.5) is 10.5 Å². The van der Waals surface area contributed by atoms with Crippen LogP contribution in [0.1, 0.15) is 5.56 Å². The van der Waals surface area contributed by atoms with Crippen LogP contribution < -0.4 is 5.32 Å². The lowest BCUT2D eigenvalue weighted by atomic mass is 10.2. The highest BCUT2D eigenvalue weighted by atomic mass is 32.2. The smallest absolute Gasteiger partial charge is 0.328 e. The van der Waals surface area contributed by atoms with E-state index < -0.39 is 5.97 Å². The molecule has 1 heterocycles. The van der Waals surface area contributed by atoms with Gasteiger partial charge < -0.3 is 15.3 Å². The molecule has 1 aliphatic rings. The average Bonchev–Trinajstić information content (AvgIpc) is 2.47. The first kappa shape index (κ1) is 14.5. The minimum Gasteiger partial charge on any atom is -0.478 e. The van der Waals surface area contributed by atoms with Crippen molar-refractivity contribution in [2.24, 2.45) is 0 Å². The number of benzene rings is 1. The van der Waals surface area contributed by atoms with E-state index in [9.17, 15) is 9.59 Å². The van der Waals surface area contributed by atoms with Crippen LogP contribution in [0.5, 0.6) is 0 Å². The number of nitrogens with zero attached hydrogens (tertiary/aromatic N) is 1. The zero-order valence-electron chi connectivity index (χ0n) is 10.9. The Morgan fingerprint density at radius 2 is 1.85 bits per heavy atom. The van der Waals surface area contributed by atoms with Gasteiger partial charge in [-0.1, -0.05) is 12.1 Å². The van der Waals surface area contributed by atoms with Crippen LogP contribution in [0.3, 0.4) is 0 Å². The summed E-state index contributed by atoms with van der Waals surface area (Å²) in [6, 6.07) is 6.97. The Labute approximate surface area is 121 Å². The Morgan fingerprint density at radius 3 is 2.45 bits per heavy atom. The fourth-order valence-corrected chi connectivity index (χ4v) is 2.72. The molecule has 2 amide bonds. The number of aliphatic carboxylic acids is 1. The predicted molar refractivity (Wildman–Crippen MR) is 81.0 cm³/mol. The lowest BCUT2D eigenvalue weighted by molar-refractivity contribution is -0.131. The summed E-state index contributed by atoms with van der Waals surface area (Å²) < 4.78 is 0. The first-order chi connectivity index (χ1) is 9.65. The highest BCUT2D eigenvalue weighted by Gasteiger charge is 2.16. The van der Waals surface area contributed by atoms with Crippen molar-refractivity contribution in [3.8, 4) is 0 Å². The van der Waals surface area contributed by atoms with Crippen molar-refractivity contribution in [2.75, 3.05) is 29.9 Å². The van der Waals surface area contributed by atoms with Gasteiger partial charge in [-0.15, -0.1) is 0 Å². The summed E-state index contributed by atoms with van der Waals surface area (Å²) in [5.41, 5.74) is 1.49. The van der Waals surface area contributed by atoms with E-state index in [1.54, 1.807) is 29.2 Å². The molecule has 1 fully saturated rings. The molecule has 1 aliphatic heterocycles. The molecule has 0 bridgehead atoms. The van der Waals surface area contributed by atoms with Gasteiger partial charge in [0, 0.05) is 36.4 Å². The predicted octanol–water partition coefficient (Wildman–Crippen LogP) is 2.37. The molecule has 0 radical (unpaired) electrons. The molecule has 0 aliphatic carbocycles. The van der Waals surface area contributed by atoms with Crippen LogP contribution in [0.2, 0.25) is 0 Å². The third kappa shape index (κ3) is 4.31. The van der Waals surface area contributed by atoms with E-state index in [-0.39, 0.29) is 6.03 Å². The number of hydrogen-bond donors (Lipinski definition) is 2. The normalized spacial score (nSPS) is 15.3. The minimum absolute atomic E-state index is 0.0841. The highest BCUT2D eigenvalue weighted by Crippen LogP contribution is 2.14. The number of amides is 2. The standard InChI is InChI=1S/C14H16N2O3S/c17-13(18)6-3-11-1-4-12(5-2-11)15-14(19)16-7-9-20-10-8-16/h1-6H,7-10H2,(H,15,19)(H,17,18). The summed E-state index contributed by atoms with van der Waals surface area (Å²) in [6.07, 6.45) is 2.59. The number of nitrogens with one attached hydrogen (secondary N) is 1. The summed E-state index contributed by atoms with van der Waals surface area (Å²) in [5.74, 6) is 0.976. The van der Waals surface area contributed by atoms with E-state index in [1.807, 2.05) is 11.8 Å². The number of carbonyl (C=O) groups is 2. The van der Waals surface area contributed by atoms with E-state index in [0.29, 0.717) is 5.69 Å². The lowest BCUT2D eigenvalue weighted by Crippen LogP contribution is -2.40. The van der Waals surface area contributed by atoms with Gasteiger partial charge in [0.05, 0.1) is 0 Å². The van der Waals surface area contributed by atoms with Gasteiger partial charge in [0.1, 0.15) is 0 Å². The molecule has 0 spiro atoms. The average molecular weight is 292 g/mol. The maximum absolute atomic E-state index is 12.0. The van der Waals surface area contributed by atoms with Crippen molar-refractivity contribution in [1.82, 2.24) is 4.90 Å². The third-order valence-corrected chi connectivity index (χ3v) is 3.82. The second kappa shape index (κ2) is 7.00. The van der Waals surface area contributed by atoms with Gasteiger partial charge in [0.2, 0.25) is 0 Å². The summed E-state index contributed by atoms with van der Waals surface area (Å²) in [6.45, 7) is 1.55. The summed E-state index contributed by atoms with van der Waals surface area (Å²) in [5, 5.41) is 11.4. The van der Waals surface area contributed by atoms with Crippen molar-refractivity contribution in [3.63, 3.8) is 0 Å². The number of anilines is 1. The van der Waals surface area contributed by atoms with Crippen LogP contribution in [-0.2, 0) is 4.79 Å². The van der Waals surface area contributed by atoms with Gasteiger partial charge in [-0.2, -0.15) is 11.8 Å². The number of carbonyl (C=O) groups excluding carboxylic acids is 1. The second-order valence-electron chi connectivity index (χ2n) is 4.32. The first-order valence-corrected chi connectivity index (χ1v) is 7.45. The molecule has 20 heavy (non-hydrogen) atoms. The maximum atomic E-state index is 12.0. The number of carboxylic acids is 1. The lowest BCUT2D eigenvalue weighted by Gasteiger charge is -2.26. The van der Waals surface area contributed by atoms with E-state index in [4.69, 9.17) is 5.11 Å². The largest absolute Gasteiger partial charge is 0.478 e.